The zero-order valence-corrected chi connectivity index (χ0v) is 41.4. The standard InChI is InChI=1S/C39H64N7O18P3S/c1-27(47)17-15-13-11-9-7-5-4-6-8-10-12-14-16-18-30(49)68-22-21-41-29(48)19-20-42-37(52)34(51)39(2,3)24-61-67(58,59)64-66(56,57)60-23-28-33(63-65(53,54)55)32(50)38(62-28)46-26-45-31-35(40)43-25-44-36(31)46/h4-5,9,11,15,17,25-28,32-34,38,47,50-51H,6-8,10,12-14,16,18-24H2,1-3H3,(H,41,48)(H,42,52)(H,56,57)(H,58,59)(H2,40,43,44)(H2,53,54,55)/b5-4+,11-9+,17-15+. The Labute approximate surface area is 397 Å². The lowest BCUT2D eigenvalue weighted by Crippen LogP contribution is -2.46. The minimum absolute atomic E-state index is 0.0291. The van der Waals surface area contributed by atoms with E-state index in [0.29, 0.717) is 12.2 Å². The lowest BCUT2D eigenvalue weighted by Gasteiger charge is -2.30. The molecule has 2 aromatic rings. The van der Waals surface area contributed by atoms with Crippen LogP contribution in [0.2, 0.25) is 0 Å². The second kappa shape index (κ2) is 28.6. The highest BCUT2D eigenvalue weighted by Crippen LogP contribution is 2.61. The number of unbranched alkanes of at least 4 members (excludes halogenated alkanes) is 5. The quantitative estimate of drug-likeness (QED) is 0.0286. The van der Waals surface area contributed by atoms with E-state index in [-0.39, 0.29) is 41.6 Å². The predicted octanol–water partition coefficient (Wildman–Crippen LogP) is 3.23. The van der Waals surface area contributed by atoms with Gasteiger partial charge in [-0.05, 0) is 39.0 Å². The lowest BCUT2D eigenvalue weighted by molar-refractivity contribution is -0.137. The van der Waals surface area contributed by atoms with Gasteiger partial charge in [-0.1, -0.05) is 81.3 Å². The van der Waals surface area contributed by atoms with Gasteiger partial charge in [0.2, 0.25) is 11.8 Å². The first-order valence-electron chi connectivity index (χ1n) is 21.6. The molecule has 11 N–H and O–H groups in total. The Morgan fingerprint density at radius 1 is 0.912 bits per heavy atom. The molecule has 68 heavy (non-hydrogen) atoms. The number of nitrogens with zero attached hydrogens (tertiary/aromatic N) is 4. The van der Waals surface area contributed by atoms with Crippen molar-refractivity contribution in [1.29, 1.82) is 0 Å². The van der Waals surface area contributed by atoms with Crippen molar-refractivity contribution in [2.75, 3.05) is 37.8 Å². The van der Waals surface area contributed by atoms with Crippen LogP contribution < -0.4 is 16.4 Å². The molecular formula is C39H64N7O18P3S. The summed E-state index contributed by atoms with van der Waals surface area (Å²) in [7, 11) is -16.4. The van der Waals surface area contributed by atoms with Crippen molar-refractivity contribution in [1.82, 2.24) is 30.2 Å². The van der Waals surface area contributed by atoms with E-state index in [9.17, 15) is 63.0 Å². The Morgan fingerprint density at radius 3 is 2.28 bits per heavy atom. The molecule has 0 spiro atoms. The maximum absolute atomic E-state index is 12.7. The predicted molar refractivity (Wildman–Crippen MR) is 248 cm³/mol. The van der Waals surface area contributed by atoms with E-state index in [1.54, 1.807) is 13.0 Å². The van der Waals surface area contributed by atoms with E-state index in [0.717, 1.165) is 80.4 Å². The van der Waals surface area contributed by atoms with Gasteiger partial charge in [0, 0.05) is 37.1 Å². The number of nitrogens with two attached hydrogens (primary N) is 1. The summed E-state index contributed by atoms with van der Waals surface area (Å²) in [5.41, 5.74) is 4.27. The fourth-order valence-corrected chi connectivity index (χ4v) is 9.82. The fraction of sp³-hybridized carbons (Fsp3) is 0.641. The van der Waals surface area contributed by atoms with E-state index in [1.165, 1.54) is 13.8 Å². The Balaban J connectivity index is 1.30. The number of ether oxygens (including phenoxy) is 1. The Hall–Kier alpha value is -3.26. The number of nitrogens with one attached hydrogen (secondary N) is 2. The first kappa shape index (κ1) is 59.1. The monoisotopic (exact) mass is 1040 g/mol. The van der Waals surface area contributed by atoms with Crippen LogP contribution in [0.25, 0.3) is 11.2 Å². The van der Waals surface area contributed by atoms with Crippen LogP contribution >= 0.6 is 35.2 Å². The number of rotatable bonds is 32. The molecule has 0 aliphatic carbocycles. The first-order chi connectivity index (χ1) is 31.9. The van der Waals surface area contributed by atoms with Crippen LogP contribution in [0.1, 0.15) is 91.2 Å². The Morgan fingerprint density at radius 2 is 1.57 bits per heavy atom. The average molecular weight is 1040 g/mol. The molecule has 2 amide bonds. The highest BCUT2D eigenvalue weighted by molar-refractivity contribution is 8.13. The first-order valence-corrected chi connectivity index (χ1v) is 27.1. The number of phosphoric ester groups is 3. The second-order valence-corrected chi connectivity index (χ2v) is 21.6. The van der Waals surface area contributed by atoms with E-state index in [1.807, 2.05) is 6.08 Å². The summed E-state index contributed by atoms with van der Waals surface area (Å²) in [6, 6.07) is 0. The lowest BCUT2D eigenvalue weighted by atomic mass is 9.87. The minimum Gasteiger partial charge on any atom is -0.389 e. The van der Waals surface area contributed by atoms with E-state index in [2.05, 4.69) is 58.7 Å². The number of nitrogen functional groups attached to an aromatic ring is 1. The topological polar surface area (TPSA) is 384 Å². The Kier molecular flexibility index (Phi) is 24.8. The number of fused-ring (bicyclic) bond motifs is 1. The van der Waals surface area contributed by atoms with Gasteiger partial charge in [-0.3, -0.25) is 32.5 Å². The van der Waals surface area contributed by atoms with Crippen molar-refractivity contribution < 1.29 is 85.6 Å². The molecule has 3 heterocycles. The smallest absolute Gasteiger partial charge is 0.389 e. The molecule has 384 valence electrons. The maximum atomic E-state index is 12.7. The third kappa shape index (κ3) is 21.8. The molecule has 1 saturated heterocycles. The van der Waals surface area contributed by atoms with Crippen LogP contribution in [0, 0.1) is 5.41 Å². The third-order valence-corrected chi connectivity index (χ3v) is 13.8. The van der Waals surface area contributed by atoms with Crippen LogP contribution in [0.15, 0.2) is 49.1 Å². The van der Waals surface area contributed by atoms with Crippen molar-refractivity contribution in [3.63, 3.8) is 0 Å². The largest absolute Gasteiger partial charge is 0.481 e. The number of aromatic nitrogens is 4. The van der Waals surface area contributed by atoms with Gasteiger partial charge in [-0.15, -0.1) is 0 Å². The summed E-state index contributed by atoms with van der Waals surface area (Å²) in [6.45, 7) is 2.22. The summed E-state index contributed by atoms with van der Waals surface area (Å²) in [6.07, 6.45) is 12.9. The van der Waals surface area contributed by atoms with E-state index >= 15 is 0 Å². The van der Waals surface area contributed by atoms with Crippen molar-refractivity contribution in [2.45, 2.75) is 122 Å². The highest BCUT2D eigenvalue weighted by Gasteiger charge is 2.50. The summed E-state index contributed by atoms with van der Waals surface area (Å²) in [5.74, 6) is -1.08. The Bertz CT molecular complexity index is 2170. The zero-order valence-electron chi connectivity index (χ0n) is 37.9. The SMILES string of the molecule is CC(O)/C=C/C/C=C/C/C=C/CCCCCCCC(=O)SCCNC(=O)CCNC(=O)C(O)C(C)(C)COP(=O)(O)OP(=O)(O)OCC1OC(n2cnc3c(N)ncnc32)C(O)C1OP(=O)(O)O. The minimum atomic E-state index is -5.58. The van der Waals surface area contributed by atoms with Crippen molar-refractivity contribution in [3.8, 4) is 0 Å². The van der Waals surface area contributed by atoms with Gasteiger partial charge < -0.3 is 56.0 Å². The number of imidazole rings is 1. The van der Waals surface area contributed by atoms with Gasteiger partial charge in [0.25, 0.3) is 0 Å². The second-order valence-electron chi connectivity index (χ2n) is 16.2. The van der Waals surface area contributed by atoms with E-state index in [4.69, 9.17) is 19.5 Å². The summed E-state index contributed by atoms with van der Waals surface area (Å²) >= 11 is 1.13. The molecule has 3 rings (SSSR count). The van der Waals surface area contributed by atoms with Crippen molar-refractivity contribution in [2.24, 2.45) is 5.41 Å². The number of amides is 2. The summed E-state index contributed by atoms with van der Waals surface area (Å²) in [5, 5.41) is 35.8. The van der Waals surface area contributed by atoms with Gasteiger partial charge in [0.15, 0.2) is 22.8 Å². The number of allylic oxidation sites excluding steroid dienone is 5. The molecule has 8 atom stereocenters. The molecular weight excluding hydrogens is 979 g/mol. The number of hydrogen-bond donors (Lipinski definition) is 10. The van der Waals surface area contributed by atoms with Crippen molar-refractivity contribution in [3.05, 3.63) is 49.1 Å². The molecule has 0 radical (unpaired) electrons. The van der Waals surface area contributed by atoms with Gasteiger partial charge in [-0.2, -0.15) is 4.31 Å². The maximum Gasteiger partial charge on any atom is 0.481 e. The molecule has 1 aliphatic rings. The zero-order chi connectivity index (χ0) is 50.5. The van der Waals surface area contributed by atoms with Gasteiger partial charge in [-0.25, -0.2) is 28.6 Å². The van der Waals surface area contributed by atoms with Crippen LogP contribution in [-0.4, -0.2) is 134 Å². The number of aliphatic hydroxyl groups excluding tert-OH is 3. The molecule has 2 aromatic heterocycles. The fourth-order valence-electron chi connectivity index (χ4n) is 6.27. The molecule has 25 nitrogen and oxygen atoms in total. The number of anilines is 1. The number of carbonyl (C=O) groups excluding carboxylic acids is 3. The molecule has 0 bridgehead atoms. The van der Waals surface area contributed by atoms with Crippen LogP contribution in [0.4, 0.5) is 5.82 Å². The average Bonchev–Trinajstić information content (AvgIpc) is 3.81. The van der Waals surface area contributed by atoms with E-state index < -0.39 is 90.7 Å². The van der Waals surface area contributed by atoms with Crippen LogP contribution in [0.5, 0.6) is 0 Å². The molecule has 0 aromatic carbocycles. The number of phosphoric acid groups is 3. The summed E-state index contributed by atoms with van der Waals surface area (Å²) < 4.78 is 62.4. The molecule has 0 saturated carbocycles. The normalized spacial score (nSPS) is 20.8. The van der Waals surface area contributed by atoms with Crippen molar-refractivity contribution >= 4 is 69.1 Å². The number of hydrogen-bond acceptors (Lipinski definition) is 19. The molecule has 8 unspecified atom stereocenters. The number of aliphatic hydroxyl groups is 3. The third-order valence-electron chi connectivity index (χ3n) is 9.81. The van der Waals surface area contributed by atoms with Gasteiger partial charge >= 0.3 is 23.5 Å². The highest BCUT2D eigenvalue weighted by atomic mass is 32.2. The molecule has 1 fully saturated rings. The number of carbonyl (C=O) groups is 3. The van der Waals surface area contributed by atoms with Crippen LogP contribution in [0.3, 0.4) is 0 Å². The van der Waals surface area contributed by atoms with Gasteiger partial charge in [0.05, 0.1) is 25.6 Å². The summed E-state index contributed by atoms with van der Waals surface area (Å²) in [4.78, 5) is 88.3. The molecule has 29 heteroatoms. The van der Waals surface area contributed by atoms with Gasteiger partial charge in [0.1, 0.15) is 36.3 Å². The molecule has 1 aliphatic heterocycles. The number of thioether (sulfide) groups is 1. The van der Waals surface area contributed by atoms with Crippen LogP contribution in [-0.2, 0) is 50.7 Å².